The van der Waals surface area contributed by atoms with E-state index < -0.39 is 0 Å². The molecule has 3 heteroatoms. The van der Waals surface area contributed by atoms with Gasteiger partial charge < -0.3 is 4.74 Å². The van der Waals surface area contributed by atoms with Gasteiger partial charge in [0.15, 0.2) is 0 Å². The molecule has 0 radical (unpaired) electrons. The largest absolute Gasteiger partial charge is 0.494 e. The van der Waals surface area contributed by atoms with Crippen LogP contribution >= 0.6 is 23.5 Å². The molecule has 1 heterocycles. The summed E-state index contributed by atoms with van der Waals surface area (Å²) >= 11 is 4.07. The molecule has 14 heavy (non-hydrogen) atoms. The zero-order chi connectivity index (χ0) is 9.80. The highest BCUT2D eigenvalue weighted by molar-refractivity contribution is 8.19. The molecule has 0 bridgehead atoms. The van der Waals surface area contributed by atoms with Crippen molar-refractivity contribution in [2.45, 2.75) is 11.5 Å². The van der Waals surface area contributed by atoms with Gasteiger partial charge in [0.05, 0.1) is 11.2 Å². The van der Waals surface area contributed by atoms with E-state index in [1.165, 1.54) is 17.1 Å². The molecule has 0 aliphatic carbocycles. The third kappa shape index (κ3) is 2.39. The molecule has 2 rings (SSSR count). The Bertz CT molecular complexity index is 278. The maximum absolute atomic E-state index is 5.41. The number of ether oxygens (including phenoxy) is 1. The summed E-state index contributed by atoms with van der Waals surface area (Å²) in [5, 5.41) is 0. The van der Waals surface area contributed by atoms with Crippen molar-refractivity contribution < 1.29 is 4.74 Å². The maximum Gasteiger partial charge on any atom is 0.119 e. The fourth-order valence-corrected chi connectivity index (χ4v) is 4.30. The summed E-state index contributed by atoms with van der Waals surface area (Å²) in [5.41, 5.74) is 1.42. The highest BCUT2D eigenvalue weighted by Crippen LogP contribution is 2.45. The SMILES string of the molecule is CCOc1ccc(C2SCCS2)cc1. The summed E-state index contributed by atoms with van der Waals surface area (Å²) in [6.45, 7) is 2.75. The summed E-state index contributed by atoms with van der Waals surface area (Å²) in [6.07, 6.45) is 0. The van der Waals surface area contributed by atoms with Gasteiger partial charge in [0, 0.05) is 11.5 Å². The number of hydrogen-bond donors (Lipinski definition) is 0. The van der Waals surface area contributed by atoms with Gasteiger partial charge in [0.1, 0.15) is 5.75 Å². The summed E-state index contributed by atoms with van der Waals surface area (Å²) in [6, 6.07) is 8.50. The van der Waals surface area contributed by atoms with E-state index in [2.05, 4.69) is 24.3 Å². The molecule has 0 aromatic heterocycles. The Kier molecular flexibility index (Phi) is 3.65. The minimum Gasteiger partial charge on any atom is -0.494 e. The third-order valence-corrected chi connectivity index (χ3v) is 5.19. The van der Waals surface area contributed by atoms with Crippen LogP contribution in [-0.2, 0) is 0 Å². The first kappa shape index (κ1) is 10.2. The van der Waals surface area contributed by atoms with Crippen LogP contribution in [0.3, 0.4) is 0 Å². The minimum absolute atomic E-state index is 0.644. The Morgan fingerprint density at radius 1 is 1.21 bits per heavy atom. The van der Waals surface area contributed by atoms with Gasteiger partial charge in [0.2, 0.25) is 0 Å². The van der Waals surface area contributed by atoms with Crippen molar-refractivity contribution in [2.24, 2.45) is 0 Å². The van der Waals surface area contributed by atoms with Crippen LogP contribution in [-0.4, -0.2) is 18.1 Å². The van der Waals surface area contributed by atoms with E-state index in [0.717, 1.165) is 12.4 Å². The molecule has 76 valence electrons. The summed E-state index contributed by atoms with van der Waals surface area (Å²) in [7, 11) is 0. The monoisotopic (exact) mass is 226 g/mol. The van der Waals surface area contributed by atoms with Crippen molar-refractivity contribution in [2.75, 3.05) is 18.1 Å². The predicted molar refractivity (Wildman–Crippen MR) is 65.3 cm³/mol. The summed E-state index contributed by atoms with van der Waals surface area (Å²) in [4.78, 5) is 0. The number of thioether (sulfide) groups is 2. The Balaban J connectivity index is 2.05. The molecule has 1 saturated heterocycles. The molecule has 1 nitrogen and oxygen atoms in total. The second-order valence-corrected chi connectivity index (χ2v) is 5.80. The van der Waals surface area contributed by atoms with E-state index in [1.807, 2.05) is 30.4 Å². The van der Waals surface area contributed by atoms with E-state index in [4.69, 9.17) is 4.74 Å². The average molecular weight is 226 g/mol. The first-order chi connectivity index (χ1) is 6.90. The Hall–Kier alpha value is -0.280. The smallest absolute Gasteiger partial charge is 0.119 e. The second-order valence-electron chi connectivity index (χ2n) is 3.08. The van der Waals surface area contributed by atoms with Crippen LogP contribution in [0.25, 0.3) is 0 Å². The lowest BCUT2D eigenvalue weighted by atomic mass is 10.2. The fourth-order valence-electron chi connectivity index (χ4n) is 1.44. The molecule has 0 spiro atoms. The molecule has 1 aliphatic rings. The van der Waals surface area contributed by atoms with E-state index in [1.54, 1.807) is 0 Å². The maximum atomic E-state index is 5.41. The van der Waals surface area contributed by atoms with Crippen LogP contribution in [0.5, 0.6) is 5.75 Å². The lowest BCUT2D eigenvalue weighted by molar-refractivity contribution is 0.340. The molecule has 1 fully saturated rings. The van der Waals surface area contributed by atoms with Gasteiger partial charge in [-0.15, -0.1) is 23.5 Å². The lowest BCUT2D eigenvalue weighted by Crippen LogP contribution is -1.91. The summed E-state index contributed by atoms with van der Waals surface area (Å²) in [5.74, 6) is 3.54. The van der Waals surface area contributed by atoms with E-state index in [0.29, 0.717) is 4.58 Å². The Labute approximate surface area is 93.6 Å². The van der Waals surface area contributed by atoms with Crippen LogP contribution in [0.2, 0.25) is 0 Å². The first-order valence-electron chi connectivity index (χ1n) is 4.86. The van der Waals surface area contributed by atoms with Gasteiger partial charge in [-0.3, -0.25) is 0 Å². The van der Waals surface area contributed by atoms with E-state index in [9.17, 15) is 0 Å². The zero-order valence-corrected chi connectivity index (χ0v) is 9.87. The molecule has 0 saturated carbocycles. The molecule has 0 unspecified atom stereocenters. The molecule has 1 aromatic rings. The van der Waals surface area contributed by atoms with Gasteiger partial charge in [-0.25, -0.2) is 0 Å². The predicted octanol–water partition coefficient (Wildman–Crippen LogP) is 3.56. The lowest BCUT2D eigenvalue weighted by Gasteiger charge is -2.09. The van der Waals surface area contributed by atoms with E-state index in [-0.39, 0.29) is 0 Å². The molecule has 1 aliphatic heterocycles. The molecule has 0 amide bonds. The van der Waals surface area contributed by atoms with Crippen LogP contribution < -0.4 is 4.74 Å². The second kappa shape index (κ2) is 4.99. The van der Waals surface area contributed by atoms with Crippen molar-refractivity contribution in [1.29, 1.82) is 0 Å². The molecule has 0 atom stereocenters. The standard InChI is InChI=1S/C11H14OS2/c1-2-12-10-5-3-9(4-6-10)11-13-7-8-14-11/h3-6,11H,2,7-8H2,1H3. The van der Waals surface area contributed by atoms with Gasteiger partial charge in [-0.2, -0.15) is 0 Å². The highest BCUT2D eigenvalue weighted by atomic mass is 32.2. The van der Waals surface area contributed by atoms with Crippen molar-refractivity contribution in [3.05, 3.63) is 29.8 Å². The minimum atomic E-state index is 0.644. The van der Waals surface area contributed by atoms with Gasteiger partial charge in [-0.05, 0) is 24.6 Å². The number of hydrogen-bond acceptors (Lipinski definition) is 3. The molecule has 1 aromatic carbocycles. The van der Waals surface area contributed by atoms with Gasteiger partial charge in [0.25, 0.3) is 0 Å². The first-order valence-corrected chi connectivity index (χ1v) is 6.96. The quantitative estimate of drug-likeness (QED) is 0.780. The number of rotatable bonds is 3. The van der Waals surface area contributed by atoms with Crippen molar-refractivity contribution >= 4 is 23.5 Å². The van der Waals surface area contributed by atoms with Gasteiger partial charge >= 0.3 is 0 Å². The fraction of sp³-hybridized carbons (Fsp3) is 0.455. The van der Waals surface area contributed by atoms with E-state index >= 15 is 0 Å². The van der Waals surface area contributed by atoms with Crippen LogP contribution in [0.15, 0.2) is 24.3 Å². The molecular formula is C11H14OS2. The van der Waals surface area contributed by atoms with Crippen molar-refractivity contribution in [3.8, 4) is 5.75 Å². The zero-order valence-electron chi connectivity index (χ0n) is 8.23. The Morgan fingerprint density at radius 2 is 1.86 bits per heavy atom. The van der Waals surface area contributed by atoms with Crippen LogP contribution in [0.4, 0.5) is 0 Å². The summed E-state index contributed by atoms with van der Waals surface area (Å²) < 4.78 is 6.05. The third-order valence-electron chi connectivity index (χ3n) is 2.09. The van der Waals surface area contributed by atoms with Crippen LogP contribution in [0, 0.1) is 0 Å². The highest BCUT2D eigenvalue weighted by Gasteiger charge is 2.17. The van der Waals surface area contributed by atoms with Crippen molar-refractivity contribution in [3.63, 3.8) is 0 Å². The van der Waals surface area contributed by atoms with Crippen LogP contribution in [0.1, 0.15) is 17.1 Å². The van der Waals surface area contributed by atoms with Crippen molar-refractivity contribution in [1.82, 2.24) is 0 Å². The topological polar surface area (TPSA) is 9.23 Å². The molecule has 0 N–H and O–H groups in total. The number of benzene rings is 1. The van der Waals surface area contributed by atoms with Gasteiger partial charge in [-0.1, -0.05) is 12.1 Å². The molecular weight excluding hydrogens is 212 g/mol. The normalized spacial score (nSPS) is 17.2. The Morgan fingerprint density at radius 3 is 2.43 bits per heavy atom. The average Bonchev–Trinajstić information content (AvgIpc) is 2.72.